The number of hydrogen-bond donors (Lipinski definition) is 2. The minimum atomic E-state index is -3.56. The van der Waals surface area contributed by atoms with Gasteiger partial charge in [-0.3, -0.25) is 4.79 Å². The molecular formula is C20H24N2O4S. The molecule has 2 aromatic carbocycles. The number of carbonyl (C=O) groups excluding carboxylic acids is 1. The Morgan fingerprint density at radius 1 is 1.07 bits per heavy atom. The van der Waals surface area contributed by atoms with E-state index in [0.29, 0.717) is 31.7 Å². The van der Waals surface area contributed by atoms with Crippen molar-refractivity contribution in [3.63, 3.8) is 0 Å². The van der Waals surface area contributed by atoms with Crippen molar-refractivity contribution in [3.05, 3.63) is 65.7 Å². The second-order valence-electron chi connectivity index (χ2n) is 6.57. The van der Waals surface area contributed by atoms with E-state index >= 15 is 0 Å². The van der Waals surface area contributed by atoms with Crippen molar-refractivity contribution in [2.24, 2.45) is 0 Å². The topological polar surface area (TPSA) is 84.5 Å². The van der Waals surface area contributed by atoms with Crippen molar-refractivity contribution in [1.29, 1.82) is 0 Å². The van der Waals surface area contributed by atoms with Gasteiger partial charge in [-0.05, 0) is 43.0 Å². The number of sulfonamides is 1. The molecule has 1 saturated carbocycles. The first-order valence-electron chi connectivity index (χ1n) is 9.07. The van der Waals surface area contributed by atoms with E-state index < -0.39 is 10.0 Å². The average molecular weight is 388 g/mol. The van der Waals surface area contributed by atoms with Crippen LogP contribution in [0.15, 0.2) is 59.5 Å². The normalized spacial score (nSPS) is 14.1. The van der Waals surface area contributed by atoms with E-state index in [-0.39, 0.29) is 16.8 Å². The van der Waals surface area contributed by atoms with Gasteiger partial charge in [0.25, 0.3) is 5.91 Å². The molecule has 7 heteroatoms. The molecule has 0 bridgehead atoms. The Labute approximate surface area is 160 Å². The highest BCUT2D eigenvalue weighted by Crippen LogP contribution is 2.22. The lowest BCUT2D eigenvalue weighted by Gasteiger charge is -2.09. The second-order valence-corrected chi connectivity index (χ2v) is 8.29. The van der Waals surface area contributed by atoms with E-state index in [4.69, 9.17) is 4.74 Å². The van der Waals surface area contributed by atoms with E-state index in [1.807, 2.05) is 30.3 Å². The fourth-order valence-corrected chi connectivity index (χ4v) is 3.89. The highest BCUT2D eigenvalue weighted by molar-refractivity contribution is 7.89. The highest BCUT2D eigenvalue weighted by atomic mass is 32.2. The zero-order valence-electron chi connectivity index (χ0n) is 15.1. The molecule has 1 amide bonds. The van der Waals surface area contributed by atoms with Crippen LogP contribution >= 0.6 is 0 Å². The van der Waals surface area contributed by atoms with Crippen LogP contribution in [0.2, 0.25) is 0 Å². The fourth-order valence-electron chi connectivity index (χ4n) is 2.54. The Kier molecular flexibility index (Phi) is 6.60. The number of rotatable bonds is 10. The number of nitrogens with one attached hydrogen (secondary N) is 2. The molecule has 0 saturated heterocycles. The van der Waals surface area contributed by atoms with Crippen LogP contribution in [0, 0.1) is 0 Å². The van der Waals surface area contributed by atoms with E-state index in [0.717, 1.165) is 18.4 Å². The monoisotopic (exact) mass is 388 g/mol. The first-order valence-corrected chi connectivity index (χ1v) is 10.6. The summed E-state index contributed by atoms with van der Waals surface area (Å²) in [5.74, 6) is -0.290. The van der Waals surface area contributed by atoms with Gasteiger partial charge in [0.05, 0.1) is 11.5 Å². The zero-order chi connectivity index (χ0) is 19.1. The van der Waals surface area contributed by atoms with Crippen molar-refractivity contribution in [1.82, 2.24) is 10.0 Å². The van der Waals surface area contributed by atoms with Gasteiger partial charge in [0.1, 0.15) is 0 Å². The van der Waals surface area contributed by atoms with Crippen LogP contribution in [-0.4, -0.2) is 33.5 Å². The molecule has 6 nitrogen and oxygen atoms in total. The lowest BCUT2D eigenvalue weighted by Crippen LogP contribution is -2.27. The number of carbonyl (C=O) groups is 1. The Balaban J connectivity index is 1.42. The minimum Gasteiger partial charge on any atom is -0.377 e. The van der Waals surface area contributed by atoms with E-state index in [1.165, 1.54) is 12.1 Å². The third-order valence-corrected chi connectivity index (χ3v) is 5.69. The molecule has 0 radical (unpaired) electrons. The third kappa shape index (κ3) is 6.16. The van der Waals surface area contributed by atoms with Gasteiger partial charge in [-0.1, -0.05) is 36.4 Å². The van der Waals surface area contributed by atoms with Gasteiger partial charge in [0, 0.05) is 24.8 Å². The molecular weight excluding hydrogens is 364 g/mol. The van der Waals surface area contributed by atoms with Crippen LogP contribution < -0.4 is 10.0 Å². The molecule has 0 aromatic heterocycles. The van der Waals surface area contributed by atoms with Crippen LogP contribution in [0.5, 0.6) is 0 Å². The van der Waals surface area contributed by atoms with E-state index in [1.54, 1.807) is 12.1 Å². The molecule has 1 fully saturated rings. The average Bonchev–Trinajstić information content (AvgIpc) is 3.48. The predicted octanol–water partition coefficient (Wildman–Crippen LogP) is 2.46. The van der Waals surface area contributed by atoms with Crippen LogP contribution in [0.4, 0.5) is 0 Å². The standard InChI is InChI=1S/C20H24N2O4S/c23-20(21-12-5-13-26-15-16-6-2-1-3-7-16)17-8-4-9-19(14-17)27(24,25)22-18-10-11-18/h1-4,6-9,14,18,22H,5,10-13,15H2,(H,21,23). The summed E-state index contributed by atoms with van der Waals surface area (Å²) in [6.07, 6.45) is 2.41. The summed E-state index contributed by atoms with van der Waals surface area (Å²) in [7, 11) is -3.56. The molecule has 1 aliphatic carbocycles. The lowest BCUT2D eigenvalue weighted by atomic mass is 10.2. The molecule has 2 N–H and O–H groups in total. The van der Waals surface area contributed by atoms with Gasteiger partial charge < -0.3 is 10.1 Å². The Hall–Kier alpha value is -2.22. The van der Waals surface area contributed by atoms with Crippen molar-refractivity contribution in [2.75, 3.05) is 13.2 Å². The summed E-state index contributed by atoms with van der Waals surface area (Å²) in [4.78, 5) is 12.4. The Bertz CT molecular complexity index is 865. The van der Waals surface area contributed by atoms with Gasteiger partial charge in [0.15, 0.2) is 0 Å². The van der Waals surface area contributed by atoms with Gasteiger partial charge in [0.2, 0.25) is 10.0 Å². The fraction of sp³-hybridized carbons (Fsp3) is 0.350. The number of ether oxygens (including phenoxy) is 1. The van der Waals surface area contributed by atoms with Crippen LogP contribution in [0.1, 0.15) is 35.2 Å². The Morgan fingerprint density at radius 2 is 1.85 bits per heavy atom. The molecule has 0 aliphatic heterocycles. The summed E-state index contributed by atoms with van der Waals surface area (Å²) < 4.78 is 32.7. The molecule has 144 valence electrons. The largest absolute Gasteiger partial charge is 0.377 e. The lowest BCUT2D eigenvalue weighted by molar-refractivity contribution is 0.0934. The maximum absolute atomic E-state index is 12.2. The summed E-state index contributed by atoms with van der Waals surface area (Å²) in [5, 5.41) is 2.80. The molecule has 0 unspecified atom stereocenters. The van der Waals surface area contributed by atoms with E-state index in [2.05, 4.69) is 10.0 Å². The van der Waals surface area contributed by atoms with Crippen LogP contribution in [0.3, 0.4) is 0 Å². The van der Waals surface area contributed by atoms with Gasteiger partial charge >= 0.3 is 0 Å². The molecule has 3 rings (SSSR count). The number of hydrogen-bond acceptors (Lipinski definition) is 4. The zero-order valence-corrected chi connectivity index (χ0v) is 15.9. The molecule has 0 heterocycles. The molecule has 2 aromatic rings. The highest BCUT2D eigenvalue weighted by Gasteiger charge is 2.28. The molecule has 27 heavy (non-hydrogen) atoms. The first kappa shape index (κ1) is 19.5. The summed E-state index contributed by atoms with van der Waals surface area (Å²) in [5.41, 5.74) is 1.44. The number of benzene rings is 2. The predicted molar refractivity (Wildman–Crippen MR) is 103 cm³/mol. The SMILES string of the molecule is O=C(NCCCOCc1ccccc1)c1cccc(S(=O)(=O)NC2CC2)c1. The first-order chi connectivity index (χ1) is 13.0. The van der Waals surface area contributed by atoms with E-state index in [9.17, 15) is 13.2 Å². The van der Waals surface area contributed by atoms with Crippen molar-refractivity contribution >= 4 is 15.9 Å². The van der Waals surface area contributed by atoms with Gasteiger partial charge in [-0.15, -0.1) is 0 Å². The smallest absolute Gasteiger partial charge is 0.251 e. The third-order valence-electron chi connectivity index (χ3n) is 4.17. The maximum Gasteiger partial charge on any atom is 0.251 e. The summed E-state index contributed by atoms with van der Waals surface area (Å²) in [6.45, 7) is 1.54. The maximum atomic E-state index is 12.2. The van der Waals surface area contributed by atoms with Crippen molar-refractivity contribution in [3.8, 4) is 0 Å². The van der Waals surface area contributed by atoms with Crippen LogP contribution in [0.25, 0.3) is 0 Å². The Morgan fingerprint density at radius 3 is 2.59 bits per heavy atom. The molecule has 1 aliphatic rings. The van der Waals surface area contributed by atoms with Crippen molar-refractivity contribution < 1.29 is 17.9 Å². The molecule has 0 atom stereocenters. The van der Waals surface area contributed by atoms with Crippen LogP contribution in [-0.2, 0) is 21.4 Å². The van der Waals surface area contributed by atoms with Crippen molar-refractivity contribution in [2.45, 2.75) is 36.8 Å². The second kappa shape index (κ2) is 9.12. The summed E-state index contributed by atoms with van der Waals surface area (Å²) in [6, 6.07) is 16.0. The van der Waals surface area contributed by atoms with Gasteiger partial charge in [-0.2, -0.15) is 0 Å². The summed E-state index contributed by atoms with van der Waals surface area (Å²) >= 11 is 0. The minimum absolute atomic E-state index is 0.0309. The van der Waals surface area contributed by atoms with Gasteiger partial charge in [-0.25, -0.2) is 13.1 Å². The number of amides is 1. The quantitative estimate of drug-likeness (QED) is 0.613. The molecule has 0 spiro atoms.